The highest BCUT2D eigenvalue weighted by molar-refractivity contribution is 6.30. The molecule has 0 saturated carbocycles. The first-order valence-corrected chi connectivity index (χ1v) is 5.56. The standard InChI is InChI=1S/C10H12BN5/c11-7-6-12-8-9(13-7)15-10(14-8)16-4-2-1-3-5-16/h6H,1-5H2,(H,12,13,14,15). The van der Waals surface area contributed by atoms with Crippen LogP contribution in [0.5, 0.6) is 0 Å². The van der Waals surface area contributed by atoms with E-state index in [0.29, 0.717) is 16.9 Å². The first-order valence-electron chi connectivity index (χ1n) is 5.56. The number of piperidine rings is 1. The van der Waals surface area contributed by atoms with Crippen molar-refractivity contribution in [2.75, 3.05) is 18.0 Å². The van der Waals surface area contributed by atoms with Crippen molar-refractivity contribution in [1.29, 1.82) is 0 Å². The van der Waals surface area contributed by atoms with Gasteiger partial charge in [0.05, 0.1) is 0 Å². The molecule has 1 aliphatic heterocycles. The van der Waals surface area contributed by atoms with Gasteiger partial charge in [0, 0.05) is 24.9 Å². The van der Waals surface area contributed by atoms with Crippen LogP contribution in [0, 0.1) is 0 Å². The summed E-state index contributed by atoms with van der Waals surface area (Å²) in [4.78, 5) is 18.1. The van der Waals surface area contributed by atoms with Crippen molar-refractivity contribution in [2.45, 2.75) is 19.3 Å². The summed E-state index contributed by atoms with van der Waals surface area (Å²) in [6.07, 6.45) is 5.28. The second-order valence-corrected chi connectivity index (χ2v) is 4.08. The average molecular weight is 213 g/mol. The minimum atomic E-state index is 0.418. The molecular weight excluding hydrogens is 201 g/mol. The SMILES string of the molecule is [B]c1cnc2nc(N3CCCCC3)[nH]c2n1. The molecule has 2 aromatic rings. The normalized spacial score (nSPS) is 16.9. The number of aromatic nitrogens is 4. The van der Waals surface area contributed by atoms with Crippen molar-refractivity contribution in [1.82, 2.24) is 19.9 Å². The van der Waals surface area contributed by atoms with E-state index in [1.54, 1.807) is 0 Å². The van der Waals surface area contributed by atoms with Crippen LogP contribution in [0.3, 0.4) is 0 Å². The molecule has 1 saturated heterocycles. The van der Waals surface area contributed by atoms with Gasteiger partial charge in [-0.1, -0.05) is 0 Å². The van der Waals surface area contributed by atoms with Gasteiger partial charge in [0.25, 0.3) is 0 Å². The second kappa shape index (κ2) is 3.77. The Hall–Kier alpha value is -1.59. The number of H-pyrrole nitrogens is 1. The second-order valence-electron chi connectivity index (χ2n) is 4.08. The number of fused-ring (bicyclic) bond motifs is 1. The quantitative estimate of drug-likeness (QED) is 0.684. The molecular formula is C10H12BN5. The summed E-state index contributed by atoms with van der Waals surface area (Å²) in [5.41, 5.74) is 1.72. The van der Waals surface area contributed by atoms with E-state index in [0.717, 1.165) is 19.0 Å². The number of imidazole rings is 1. The summed E-state index contributed by atoms with van der Waals surface area (Å²) in [5, 5.41) is 0. The van der Waals surface area contributed by atoms with E-state index in [4.69, 9.17) is 7.85 Å². The van der Waals surface area contributed by atoms with E-state index < -0.39 is 0 Å². The van der Waals surface area contributed by atoms with E-state index in [-0.39, 0.29) is 0 Å². The molecule has 3 rings (SSSR count). The number of nitrogens with one attached hydrogen (secondary N) is 1. The highest BCUT2D eigenvalue weighted by atomic mass is 15.3. The van der Waals surface area contributed by atoms with Crippen LogP contribution in [-0.4, -0.2) is 40.9 Å². The van der Waals surface area contributed by atoms with Gasteiger partial charge < -0.3 is 9.88 Å². The lowest BCUT2D eigenvalue weighted by atomic mass is 10.1. The summed E-state index contributed by atoms with van der Waals surface area (Å²) in [5.74, 6) is 0.861. The molecule has 5 nitrogen and oxygen atoms in total. The zero-order chi connectivity index (χ0) is 11.0. The Kier molecular flexibility index (Phi) is 2.27. The molecule has 3 heterocycles. The van der Waals surface area contributed by atoms with Crippen molar-refractivity contribution in [3.63, 3.8) is 0 Å². The summed E-state index contributed by atoms with van der Waals surface area (Å²) in [6.45, 7) is 2.10. The Balaban J connectivity index is 1.97. The van der Waals surface area contributed by atoms with Crippen molar-refractivity contribution < 1.29 is 0 Å². The molecule has 16 heavy (non-hydrogen) atoms. The third-order valence-electron chi connectivity index (χ3n) is 2.87. The maximum absolute atomic E-state index is 5.58. The number of hydrogen-bond donors (Lipinski definition) is 1. The van der Waals surface area contributed by atoms with Crippen LogP contribution in [0.15, 0.2) is 6.20 Å². The number of rotatable bonds is 1. The van der Waals surface area contributed by atoms with Crippen molar-refractivity contribution in [2.24, 2.45) is 0 Å². The Bertz CT molecular complexity index is 503. The fourth-order valence-electron chi connectivity index (χ4n) is 2.05. The van der Waals surface area contributed by atoms with Crippen LogP contribution < -0.4 is 10.5 Å². The van der Waals surface area contributed by atoms with E-state index in [9.17, 15) is 0 Å². The molecule has 0 amide bonds. The van der Waals surface area contributed by atoms with Crippen molar-refractivity contribution >= 4 is 30.7 Å². The molecule has 0 aliphatic carbocycles. The van der Waals surface area contributed by atoms with Crippen LogP contribution >= 0.6 is 0 Å². The zero-order valence-corrected chi connectivity index (χ0v) is 8.98. The first kappa shape index (κ1) is 9.63. The van der Waals surface area contributed by atoms with Crippen LogP contribution in [-0.2, 0) is 0 Å². The van der Waals surface area contributed by atoms with Crippen molar-refractivity contribution in [3.8, 4) is 0 Å². The molecule has 6 heteroatoms. The fourth-order valence-corrected chi connectivity index (χ4v) is 2.05. The molecule has 0 atom stereocenters. The van der Waals surface area contributed by atoms with E-state index in [1.807, 2.05) is 0 Å². The smallest absolute Gasteiger partial charge is 0.206 e. The van der Waals surface area contributed by atoms with Crippen LogP contribution in [0.25, 0.3) is 11.3 Å². The molecule has 2 radical (unpaired) electrons. The average Bonchev–Trinajstić information content (AvgIpc) is 2.73. The fraction of sp³-hybridized carbons (Fsp3) is 0.500. The highest BCUT2D eigenvalue weighted by Gasteiger charge is 2.15. The zero-order valence-electron chi connectivity index (χ0n) is 8.98. The summed E-state index contributed by atoms with van der Waals surface area (Å²) < 4.78 is 0. The Morgan fingerprint density at radius 3 is 2.81 bits per heavy atom. The number of hydrogen-bond acceptors (Lipinski definition) is 4. The monoisotopic (exact) mass is 213 g/mol. The maximum atomic E-state index is 5.58. The van der Waals surface area contributed by atoms with Gasteiger partial charge in [0.2, 0.25) is 5.95 Å². The molecule has 2 aromatic heterocycles. The van der Waals surface area contributed by atoms with Gasteiger partial charge in [0.1, 0.15) is 7.85 Å². The Morgan fingerprint density at radius 2 is 2.00 bits per heavy atom. The first-order chi connectivity index (χ1) is 7.83. The maximum Gasteiger partial charge on any atom is 0.206 e. The van der Waals surface area contributed by atoms with Crippen molar-refractivity contribution in [3.05, 3.63) is 6.20 Å². The summed E-state index contributed by atoms with van der Waals surface area (Å²) in [7, 11) is 5.58. The number of nitrogens with zero attached hydrogens (tertiary/aromatic N) is 4. The molecule has 0 bridgehead atoms. The van der Waals surface area contributed by atoms with Crippen LogP contribution in [0.1, 0.15) is 19.3 Å². The van der Waals surface area contributed by atoms with Gasteiger partial charge in [-0.05, 0) is 19.3 Å². The lowest BCUT2D eigenvalue weighted by Crippen LogP contribution is -2.30. The third-order valence-corrected chi connectivity index (χ3v) is 2.87. The van der Waals surface area contributed by atoms with Gasteiger partial charge in [-0.15, -0.1) is 0 Å². The van der Waals surface area contributed by atoms with Crippen LogP contribution in [0.4, 0.5) is 5.95 Å². The van der Waals surface area contributed by atoms with Gasteiger partial charge >= 0.3 is 0 Å². The molecule has 0 spiro atoms. The number of anilines is 1. The summed E-state index contributed by atoms with van der Waals surface area (Å²) in [6, 6.07) is 0. The van der Waals surface area contributed by atoms with E-state index >= 15 is 0 Å². The molecule has 1 fully saturated rings. The predicted molar refractivity (Wildman–Crippen MR) is 63.1 cm³/mol. The van der Waals surface area contributed by atoms with Gasteiger partial charge in [-0.2, -0.15) is 4.98 Å². The van der Waals surface area contributed by atoms with E-state index in [2.05, 4.69) is 24.8 Å². The lowest BCUT2D eigenvalue weighted by molar-refractivity contribution is 0.570. The molecule has 1 N–H and O–H groups in total. The third kappa shape index (κ3) is 1.64. The molecule has 0 aromatic carbocycles. The summed E-state index contributed by atoms with van der Waals surface area (Å²) >= 11 is 0. The van der Waals surface area contributed by atoms with E-state index in [1.165, 1.54) is 25.5 Å². The highest BCUT2D eigenvalue weighted by Crippen LogP contribution is 2.17. The largest absolute Gasteiger partial charge is 0.342 e. The van der Waals surface area contributed by atoms with Gasteiger partial charge in [-0.25, -0.2) is 9.97 Å². The molecule has 80 valence electrons. The lowest BCUT2D eigenvalue weighted by Gasteiger charge is -2.25. The predicted octanol–water partition coefficient (Wildman–Crippen LogP) is 0.137. The van der Waals surface area contributed by atoms with Gasteiger partial charge in [0.15, 0.2) is 11.3 Å². The van der Waals surface area contributed by atoms with Gasteiger partial charge in [-0.3, -0.25) is 0 Å². The number of aromatic amines is 1. The Morgan fingerprint density at radius 1 is 1.19 bits per heavy atom. The minimum absolute atomic E-state index is 0.418. The molecule has 1 aliphatic rings. The Labute approximate surface area is 94.7 Å². The minimum Gasteiger partial charge on any atom is -0.342 e. The van der Waals surface area contributed by atoms with Crippen LogP contribution in [0.2, 0.25) is 0 Å². The topological polar surface area (TPSA) is 57.7 Å². The molecule has 0 unspecified atom stereocenters.